The number of anilines is 1. The van der Waals surface area contributed by atoms with Crippen LogP contribution in [0.1, 0.15) is 44.2 Å². The van der Waals surface area contributed by atoms with Crippen LogP contribution in [0.2, 0.25) is 0 Å². The molecule has 3 N–H and O–H groups in total. The Kier molecular flexibility index (Phi) is 6.36. The van der Waals surface area contributed by atoms with Crippen LogP contribution in [0, 0.1) is 5.41 Å². The monoisotopic (exact) mass is 263 g/mol. The molecule has 0 saturated carbocycles. The molecule has 0 saturated heterocycles. The summed E-state index contributed by atoms with van der Waals surface area (Å²) in [7, 11) is 1.83. The third kappa shape index (κ3) is 4.56. The van der Waals surface area contributed by atoms with E-state index < -0.39 is 0 Å². The molecule has 1 aromatic rings. The molecule has 0 spiro atoms. The van der Waals surface area contributed by atoms with Crippen molar-refractivity contribution >= 4 is 11.6 Å². The summed E-state index contributed by atoms with van der Waals surface area (Å²) in [5.41, 5.74) is 3.33. The fourth-order valence-electron chi connectivity index (χ4n) is 1.98. The first-order valence-electron chi connectivity index (χ1n) is 6.89. The molecule has 0 aliphatic carbocycles. The number of hydrogen-bond acceptors (Lipinski definition) is 4. The van der Waals surface area contributed by atoms with Crippen LogP contribution in [0.3, 0.4) is 0 Å². The second-order valence-electron chi connectivity index (χ2n) is 4.69. The van der Waals surface area contributed by atoms with Gasteiger partial charge in [-0.1, -0.05) is 32.4 Å². The predicted molar refractivity (Wildman–Crippen MR) is 80.5 cm³/mol. The number of hydrogen-bond donors (Lipinski definition) is 2. The van der Waals surface area contributed by atoms with Gasteiger partial charge in [0.05, 0.1) is 5.69 Å². The number of benzene rings is 1. The number of aryl methyl sites for hydroxylation is 1. The maximum atomic E-state index is 7.61. The molecule has 1 aromatic carbocycles. The van der Waals surface area contributed by atoms with Crippen molar-refractivity contribution in [3.63, 3.8) is 0 Å². The van der Waals surface area contributed by atoms with Gasteiger partial charge in [-0.2, -0.15) is 0 Å². The molecule has 0 aliphatic heterocycles. The molecule has 0 aliphatic rings. The SMILES string of the molecule is CCCCc1cccc(N(C)N)c1COC(=N)CC. The van der Waals surface area contributed by atoms with Crippen LogP contribution < -0.4 is 10.9 Å². The van der Waals surface area contributed by atoms with Gasteiger partial charge in [-0.15, -0.1) is 0 Å². The van der Waals surface area contributed by atoms with Gasteiger partial charge in [-0.3, -0.25) is 5.41 Å². The van der Waals surface area contributed by atoms with Gasteiger partial charge < -0.3 is 9.75 Å². The van der Waals surface area contributed by atoms with E-state index >= 15 is 0 Å². The minimum atomic E-state index is 0.316. The van der Waals surface area contributed by atoms with E-state index in [1.54, 1.807) is 5.01 Å². The van der Waals surface area contributed by atoms with E-state index in [1.165, 1.54) is 5.56 Å². The van der Waals surface area contributed by atoms with E-state index in [1.807, 2.05) is 26.1 Å². The van der Waals surface area contributed by atoms with Crippen LogP contribution in [-0.4, -0.2) is 12.9 Å². The maximum absolute atomic E-state index is 7.61. The summed E-state index contributed by atoms with van der Waals surface area (Å²) in [5.74, 6) is 6.19. The number of ether oxygens (including phenoxy) is 1. The number of nitrogens with two attached hydrogens (primary N) is 1. The van der Waals surface area contributed by atoms with Crippen LogP contribution >= 0.6 is 0 Å². The lowest BCUT2D eigenvalue weighted by Crippen LogP contribution is -2.27. The van der Waals surface area contributed by atoms with Crippen LogP contribution in [-0.2, 0) is 17.8 Å². The molecule has 0 heterocycles. The van der Waals surface area contributed by atoms with Gasteiger partial charge in [0.1, 0.15) is 6.61 Å². The molecule has 0 radical (unpaired) electrons. The van der Waals surface area contributed by atoms with Gasteiger partial charge in [0.15, 0.2) is 5.90 Å². The predicted octanol–water partition coefficient (Wildman–Crippen LogP) is 3.24. The van der Waals surface area contributed by atoms with Crippen molar-refractivity contribution in [2.24, 2.45) is 5.84 Å². The lowest BCUT2D eigenvalue weighted by atomic mass is 10.0. The standard InChI is InChI=1S/C15H25N3O/c1-4-6-8-12-9-7-10-14(18(3)17)13(12)11-19-15(16)5-2/h7,9-10,16H,4-6,8,11,17H2,1-3H3. The van der Waals surface area contributed by atoms with Gasteiger partial charge in [0.2, 0.25) is 0 Å². The Morgan fingerprint density at radius 3 is 2.68 bits per heavy atom. The number of hydrazine groups is 1. The summed E-state index contributed by atoms with van der Waals surface area (Å²) >= 11 is 0. The van der Waals surface area contributed by atoms with E-state index in [4.69, 9.17) is 16.0 Å². The first-order chi connectivity index (χ1) is 9.10. The van der Waals surface area contributed by atoms with Crippen molar-refractivity contribution in [2.75, 3.05) is 12.1 Å². The van der Waals surface area contributed by atoms with E-state index in [-0.39, 0.29) is 0 Å². The Morgan fingerprint density at radius 1 is 1.37 bits per heavy atom. The molecule has 19 heavy (non-hydrogen) atoms. The van der Waals surface area contributed by atoms with Gasteiger partial charge in [0.25, 0.3) is 0 Å². The molecule has 106 valence electrons. The average molecular weight is 263 g/mol. The van der Waals surface area contributed by atoms with Crippen molar-refractivity contribution < 1.29 is 4.74 Å². The molecular formula is C15H25N3O. The molecular weight excluding hydrogens is 238 g/mol. The number of rotatable bonds is 7. The third-order valence-corrected chi connectivity index (χ3v) is 3.14. The molecule has 0 bridgehead atoms. The summed E-state index contributed by atoms with van der Waals surface area (Å²) < 4.78 is 5.49. The van der Waals surface area contributed by atoms with Crippen molar-refractivity contribution in [3.05, 3.63) is 29.3 Å². The summed E-state index contributed by atoms with van der Waals surface area (Å²) in [4.78, 5) is 0. The van der Waals surface area contributed by atoms with Gasteiger partial charge >= 0.3 is 0 Å². The van der Waals surface area contributed by atoms with E-state index in [0.717, 1.165) is 30.5 Å². The van der Waals surface area contributed by atoms with E-state index in [0.29, 0.717) is 18.9 Å². The lowest BCUT2D eigenvalue weighted by molar-refractivity contribution is 0.281. The minimum Gasteiger partial charge on any atom is -0.476 e. The Hall–Kier alpha value is -1.55. The Bertz CT molecular complexity index is 416. The Labute approximate surface area is 116 Å². The molecule has 0 fully saturated rings. The largest absolute Gasteiger partial charge is 0.476 e. The topological polar surface area (TPSA) is 62.3 Å². The minimum absolute atomic E-state index is 0.316. The number of nitrogens with zero attached hydrogens (tertiary/aromatic N) is 1. The summed E-state index contributed by atoms with van der Waals surface area (Å²) in [5, 5.41) is 9.22. The highest BCUT2D eigenvalue weighted by atomic mass is 16.5. The van der Waals surface area contributed by atoms with Crippen LogP contribution in [0.5, 0.6) is 0 Å². The third-order valence-electron chi connectivity index (χ3n) is 3.14. The highest BCUT2D eigenvalue weighted by molar-refractivity contribution is 5.72. The quantitative estimate of drug-likeness (QED) is 0.343. The highest BCUT2D eigenvalue weighted by Gasteiger charge is 2.11. The van der Waals surface area contributed by atoms with Crippen molar-refractivity contribution in [1.29, 1.82) is 5.41 Å². The second-order valence-corrected chi connectivity index (χ2v) is 4.69. The van der Waals surface area contributed by atoms with Crippen molar-refractivity contribution in [3.8, 4) is 0 Å². The summed E-state index contributed by atoms with van der Waals surface area (Å²) in [6.45, 7) is 4.52. The molecule has 1 rings (SSSR count). The van der Waals surface area contributed by atoms with Gasteiger partial charge in [-0.05, 0) is 24.5 Å². The van der Waals surface area contributed by atoms with Crippen LogP contribution in [0.25, 0.3) is 0 Å². The summed E-state index contributed by atoms with van der Waals surface area (Å²) in [6.07, 6.45) is 3.95. The Balaban J connectivity index is 2.96. The normalized spacial score (nSPS) is 10.3. The Morgan fingerprint density at radius 2 is 2.11 bits per heavy atom. The lowest BCUT2D eigenvalue weighted by Gasteiger charge is -2.20. The number of unbranched alkanes of at least 4 members (excludes halogenated alkanes) is 1. The number of nitrogens with one attached hydrogen (secondary N) is 1. The van der Waals surface area contributed by atoms with E-state index in [9.17, 15) is 0 Å². The fraction of sp³-hybridized carbons (Fsp3) is 0.533. The van der Waals surface area contributed by atoms with Crippen molar-refractivity contribution in [1.82, 2.24) is 0 Å². The van der Waals surface area contributed by atoms with Crippen LogP contribution in [0.15, 0.2) is 18.2 Å². The zero-order valence-corrected chi connectivity index (χ0v) is 12.2. The molecule has 0 amide bonds. The molecule has 0 aromatic heterocycles. The molecule has 4 heteroatoms. The fourth-order valence-corrected chi connectivity index (χ4v) is 1.98. The van der Waals surface area contributed by atoms with E-state index in [2.05, 4.69) is 13.0 Å². The maximum Gasteiger partial charge on any atom is 0.180 e. The van der Waals surface area contributed by atoms with Crippen molar-refractivity contribution in [2.45, 2.75) is 46.1 Å². The summed E-state index contributed by atoms with van der Waals surface area (Å²) in [6, 6.07) is 6.14. The first kappa shape index (κ1) is 15.5. The molecule has 4 nitrogen and oxygen atoms in total. The zero-order valence-electron chi connectivity index (χ0n) is 12.2. The highest BCUT2D eigenvalue weighted by Crippen LogP contribution is 2.24. The average Bonchev–Trinajstić information content (AvgIpc) is 2.42. The molecule has 0 unspecified atom stereocenters. The zero-order chi connectivity index (χ0) is 14.3. The molecule has 0 atom stereocenters. The second kappa shape index (κ2) is 7.79. The van der Waals surface area contributed by atoms with Gasteiger partial charge in [0, 0.05) is 19.0 Å². The smallest absolute Gasteiger partial charge is 0.180 e. The first-order valence-corrected chi connectivity index (χ1v) is 6.89. The van der Waals surface area contributed by atoms with Gasteiger partial charge in [-0.25, -0.2) is 5.84 Å². The van der Waals surface area contributed by atoms with Crippen LogP contribution in [0.4, 0.5) is 5.69 Å².